The van der Waals surface area contributed by atoms with Gasteiger partial charge in [0.15, 0.2) is 5.75 Å². The maximum Gasteiger partial charge on any atom is 0.490 e. The molecule has 0 radical (unpaired) electrons. The molecule has 1 N–H and O–H groups in total. The Balaban J connectivity index is 0.000000493. The van der Waals surface area contributed by atoms with Gasteiger partial charge in [-0.25, -0.2) is 4.79 Å². The Hall–Kier alpha value is -4.71. The number of carboxylic acid groups (broad SMARTS) is 1. The molecular formula is C29H24F3N3O5S. The second-order valence-corrected chi connectivity index (χ2v) is 9.96. The molecule has 8 nitrogen and oxygen atoms in total. The summed E-state index contributed by atoms with van der Waals surface area (Å²) in [5, 5.41) is 8.49. The number of ether oxygens (including phenoxy) is 1. The molecule has 1 amide bonds. The molecule has 0 spiro atoms. The Morgan fingerprint density at radius 2 is 1.61 bits per heavy atom. The van der Waals surface area contributed by atoms with E-state index in [9.17, 15) is 22.8 Å². The number of carbonyl (C=O) groups excluding carboxylic acids is 1. The molecule has 5 aromatic rings. The Labute approximate surface area is 235 Å². The van der Waals surface area contributed by atoms with Crippen molar-refractivity contribution in [2.24, 2.45) is 7.05 Å². The molecule has 3 aromatic heterocycles. The number of amides is 1. The molecule has 2 aromatic carbocycles. The molecule has 0 saturated carbocycles. The van der Waals surface area contributed by atoms with Gasteiger partial charge in [0.2, 0.25) is 0 Å². The Morgan fingerprint density at radius 1 is 1.00 bits per heavy atom. The maximum atomic E-state index is 13.6. The molecule has 0 unspecified atom stereocenters. The third kappa shape index (κ3) is 6.55. The van der Waals surface area contributed by atoms with Gasteiger partial charge in [-0.2, -0.15) is 13.2 Å². The topological polar surface area (TPSA) is 102 Å². The number of pyridine rings is 2. The zero-order valence-electron chi connectivity index (χ0n) is 21.9. The van der Waals surface area contributed by atoms with Crippen molar-refractivity contribution in [2.75, 3.05) is 7.05 Å². The number of carboxylic acids is 1. The summed E-state index contributed by atoms with van der Waals surface area (Å²) in [6, 6.07) is 21.3. The number of halogens is 3. The van der Waals surface area contributed by atoms with Gasteiger partial charge in [-0.1, -0.05) is 48.5 Å². The van der Waals surface area contributed by atoms with E-state index in [0.29, 0.717) is 22.6 Å². The summed E-state index contributed by atoms with van der Waals surface area (Å²) in [5.41, 5.74) is 2.57. The molecule has 0 aliphatic heterocycles. The van der Waals surface area contributed by atoms with E-state index >= 15 is 0 Å². The lowest BCUT2D eigenvalue weighted by Crippen LogP contribution is -2.26. The van der Waals surface area contributed by atoms with Gasteiger partial charge in [-0.15, -0.1) is 11.3 Å². The number of aromatic nitrogens is 2. The van der Waals surface area contributed by atoms with Gasteiger partial charge in [0.1, 0.15) is 16.9 Å². The number of nitrogens with zero attached hydrogens (tertiary/aromatic N) is 3. The van der Waals surface area contributed by atoms with E-state index in [4.69, 9.17) is 14.6 Å². The van der Waals surface area contributed by atoms with E-state index < -0.39 is 12.1 Å². The van der Waals surface area contributed by atoms with Gasteiger partial charge in [-0.05, 0) is 29.3 Å². The highest BCUT2D eigenvalue weighted by atomic mass is 32.1. The number of thiophene rings is 1. The van der Waals surface area contributed by atoms with Crippen molar-refractivity contribution in [1.29, 1.82) is 0 Å². The minimum absolute atomic E-state index is 0.180. The first-order valence-corrected chi connectivity index (χ1v) is 13.0. The van der Waals surface area contributed by atoms with Crippen LogP contribution >= 0.6 is 11.3 Å². The molecule has 212 valence electrons. The van der Waals surface area contributed by atoms with Crippen LogP contribution in [0.5, 0.6) is 5.75 Å². The largest absolute Gasteiger partial charge is 0.490 e. The highest BCUT2D eigenvalue weighted by molar-refractivity contribution is 7.22. The molecule has 0 aliphatic rings. The lowest BCUT2D eigenvalue weighted by molar-refractivity contribution is -0.192. The van der Waals surface area contributed by atoms with Crippen LogP contribution in [0, 0.1) is 0 Å². The number of hydrogen-bond acceptors (Lipinski definition) is 6. The van der Waals surface area contributed by atoms with E-state index in [2.05, 4.69) is 4.98 Å². The minimum Gasteiger partial charge on any atom is -0.486 e. The fraction of sp³-hybridized carbons (Fsp3) is 0.172. The van der Waals surface area contributed by atoms with Crippen LogP contribution in [-0.4, -0.2) is 44.7 Å². The third-order valence-corrected chi connectivity index (χ3v) is 7.26. The van der Waals surface area contributed by atoms with Gasteiger partial charge in [0, 0.05) is 38.4 Å². The van der Waals surface area contributed by atoms with Crippen LogP contribution in [-0.2, 0) is 25.0 Å². The first-order chi connectivity index (χ1) is 19.5. The summed E-state index contributed by atoms with van der Waals surface area (Å²) in [6.07, 6.45) is -1.70. The number of alkyl halides is 3. The SMILES string of the molecule is CN(Cc1ccccc1)C(=O)c1sc2c(c1OCc1ccncc1)c(=O)n(C)c1ccccc21.O=C(O)C(F)(F)F. The van der Waals surface area contributed by atoms with Gasteiger partial charge in [0.25, 0.3) is 11.5 Å². The van der Waals surface area contributed by atoms with E-state index in [1.807, 2.05) is 66.7 Å². The number of aliphatic carboxylic acids is 1. The molecule has 0 bridgehead atoms. The first-order valence-electron chi connectivity index (χ1n) is 12.1. The number of fused-ring (bicyclic) bond motifs is 3. The molecule has 0 aliphatic carbocycles. The van der Waals surface area contributed by atoms with Crippen molar-refractivity contribution in [1.82, 2.24) is 14.5 Å². The second-order valence-electron chi connectivity index (χ2n) is 8.94. The fourth-order valence-corrected chi connectivity index (χ4v) is 5.32. The van der Waals surface area contributed by atoms with Crippen LogP contribution in [0.4, 0.5) is 13.2 Å². The summed E-state index contributed by atoms with van der Waals surface area (Å²) in [4.78, 5) is 42.1. The number of hydrogen-bond donors (Lipinski definition) is 1. The van der Waals surface area contributed by atoms with Crippen molar-refractivity contribution >= 4 is 44.2 Å². The Morgan fingerprint density at radius 3 is 2.24 bits per heavy atom. The van der Waals surface area contributed by atoms with Crippen molar-refractivity contribution < 1.29 is 32.6 Å². The molecule has 5 rings (SSSR count). The number of benzene rings is 2. The van der Waals surface area contributed by atoms with Crippen molar-refractivity contribution in [3.05, 3.63) is 105 Å². The monoisotopic (exact) mass is 583 g/mol. The normalized spacial score (nSPS) is 11.1. The van der Waals surface area contributed by atoms with Crippen LogP contribution in [0.1, 0.15) is 20.8 Å². The predicted molar refractivity (Wildman–Crippen MR) is 149 cm³/mol. The van der Waals surface area contributed by atoms with E-state index in [0.717, 1.165) is 26.7 Å². The fourth-order valence-electron chi connectivity index (χ4n) is 4.05. The van der Waals surface area contributed by atoms with Crippen molar-refractivity contribution in [3.63, 3.8) is 0 Å². The standard InChI is InChI=1S/C27H23N3O3S.C2HF3O2/c1-29(16-18-8-4-3-5-9-18)27(32)25-23(33-17-19-12-14-28-15-13-19)22-24(34-25)20-10-6-7-11-21(20)30(2)26(22)31;3-2(4,5)1(6)7/h3-15H,16-17H2,1-2H3;(H,6,7). The average Bonchev–Trinajstić information content (AvgIpc) is 3.35. The smallest absolute Gasteiger partial charge is 0.486 e. The van der Waals surface area contributed by atoms with Crippen LogP contribution in [0.25, 0.3) is 21.0 Å². The zero-order chi connectivity index (χ0) is 29.7. The van der Waals surface area contributed by atoms with Gasteiger partial charge < -0.3 is 19.3 Å². The zero-order valence-corrected chi connectivity index (χ0v) is 22.7. The lowest BCUT2D eigenvalue weighted by atomic mass is 10.1. The molecule has 0 atom stereocenters. The molecule has 41 heavy (non-hydrogen) atoms. The molecule has 12 heteroatoms. The van der Waals surface area contributed by atoms with E-state index in [1.165, 1.54) is 11.3 Å². The predicted octanol–water partition coefficient (Wildman–Crippen LogP) is 5.63. The maximum absolute atomic E-state index is 13.6. The first kappa shape index (κ1) is 29.3. The van der Waals surface area contributed by atoms with Crippen LogP contribution in [0.3, 0.4) is 0 Å². The average molecular weight is 584 g/mol. The van der Waals surface area contributed by atoms with E-state index in [1.54, 1.807) is 36.0 Å². The van der Waals surface area contributed by atoms with Gasteiger partial charge >= 0.3 is 12.1 Å². The quantitative estimate of drug-likeness (QED) is 0.278. The highest BCUT2D eigenvalue weighted by Gasteiger charge is 2.38. The minimum atomic E-state index is -5.08. The summed E-state index contributed by atoms with van der Waals surface area (Å²) in [7, 11) is 3.51. The highest BCUT2D eigenvalue weighted by Crippen LogP contribution is 2.40. The van der Waals surface area contributed by atoms with Crippen LogP contribution in [0.15, 0.2) is 83.9 Å². The molecule has 3 heterocycles. The lowest BCUT2D eigenvalue weighted by Gasteiger charge is -2.17. The number of para-hydroxylation sites is 1. The Bertz CT molecular complexity index is 1750. The van der Waals surface area contributed by atoms with Crippen LogP contribution < -0.4 is 10.3 Å². The third-order valence-electron chi connectivity index (χ3n) is 6.07. The number of aryl methyl sites for hydroxylation is 1. The summed E-state index contributed by atoms with van der Waals surface area (Å²) >= 11 is 1.32. The number of rotatable bonds is 6. The molecule has 0 fully saturated rings. The molecular weight excluding hydrogens is 559 g/mol. The second kappa shape index (κ2) is 12.2. The molecule has 0 saturated heterocycles. The van der Waals surface area contributed by atoms with Crippen molar-refractivity contribution in [2.45, 2.75) is 19.3 Å². The summed E-state index contributed by atoms with van der Waals surface area (Å²) in [5.74, 6) is -2.60. The van der Waals surface area contributed by atoms with E-state index in [-0.39, 0.29) is 18.1 Å². The van der Waals surface area contributed by atoms with Crippen molar-refractivity contribution in [3.8, 4) is 5.75 Å². The van der Waals surface area contributed by atoms with Gasteiger partial charge in [-0.3, -0.25) is 14.6 Å². The summed E-state index contributed by atoms with van der Waals surface area (Å²) in [6.45, 7) is 0.684. The summed E-state index contributed by atoms with van der Waals surface area (Å²) < 4.78 is 40.3. The Kier molecular flexibility index (Phi) is 8.72. The van der Waals surface area contributed by atoms with Gasteiger partial charge in [0.05, 0.1) is 10.2 Å². The van der Waals surface area contributed by atoms with Crippen LogP contribution in [0.2, 0.25) is 0 Å². The number of carbonyl (C=O) groups is 2.